The zero-order chi connectivity index (χ0) is 10.6. The van der Waals surface area contributed by atoms with E-state index in [2.05, 4.69) is 4.98 Å². The van der Waals surface area contributed by atoms with Crippen molar-refractivity contribution in [3.8, 4) is 0 Å². The summed E-state index contributed by atoms with van der Waals surface area (Å²) < 4.78 is 6.24. The molecule has 1 aliphatic heterocycles. The van der Waals surface area contributed by atoms with Crippen LogP contribution in [-0.2, 0) is 15.1 Å². The summed E-state index contributed by atoms with van der Waals surface area (Å²) in [5.74, 6) is -0.0505. The number of carbonyl (C=O) groups excluding carboxylic acids is 1. The summed E-state index contributed by atoms with van der Waals surface area (Å²) in [5, 5.41) is 0. The highest BCUT2D eigenvalue weighted by atomic mass is 16.5. The van der Waals surface area contributed by atoms with Gasteiger partial charge in [0.15, 0.2) is 5.54 Å². The van der Waals surface area contributed by atoms with Crippen molar-refractivity contribution in [2.75, 3.05) is 12.3 Å². The molecule has 2 aliphatic rings. The molecule has 2 fully saturated rings. The molecule has 0 spiro atoms. The quantitative estimate of drug-likeness (QED) is 0.603. The SMILES string of the molecule is Nc1ccn(C23CC2COC3=O)c(=O)n1. The lowest BCUT2D eigenvalue weighted by atomic mass is 10.2. The van der Waals surface area contributed by atoms with Gasteiger partial charge >= 0.3 is 11.7 Å². The number of hydrogen-bond acceptors (Lipinski definition) is 5. The Balaban J connectivity index is 2.15. The van der Waals surface area contributed by atoms with Crippen molar-refractivity contribution in [1.29, 1.82) is 0 Å². The largest absolute Gasteiger partial charge is 0.464 e. The average molecular weight is 207 g/mol. The lowest BCUT2D eigenvalue weighted by Gasteiger charge is -2.11. The number of hydrogen-bond donors (Lipinski definition) is 1. The van der Waals surface area contributed by atoms with Crippen LogP contribution < -0.4 is 11.4 Å². The number of nitrogen functional groups attached to an aromatic ring is 1. The lowest BCUT2D eigenvalue weighted by molar-refractivity contribution is -0.144. The molecule has 2 N–H and O–H groups in total. The van der Waals surface area contributed by atoms with Gasteiger partial charge in [-0.1, -0.05) is 0 Å². The molecular weight excluding hydrogens is 198 g/mol. The zero-order valence-electron chi connectivity index (χ0n) is 7.84. The fourth-order valence-electron chi connectivity index (χ4n) is 2.18. The van der Waals surface area contributed by atoms with Crippen LogP contribution in [0.5, 0.6) is 0 Å². The molecule has 6 heteroatoms. The highest BCUT2D eigenvalue weighted by molar-refractivity contribution is 5.85. The molecule has 1 aliphatic carbocycles. The maximum Gasteiger partial charge on any atom is 0.350 e. The van der Waals surface area contributed by atoms with Gasteiger partial charge in [0.05, 0.1) is 6.61 Å². The second-order valence-corrected chi connectivity index (χ2v) is 3.93. The van der Waals surface area contributed by atoms with Crippen LogP contribution in [0.25, 0.3) is 0 Å². The summed E-state index contributed by atoms with van der Waals surface area (Å²) >= 11 is 0. The van der Waals surface area contributed by atoms with Gasteiger partial charge < -0.3 is 10.5 Å². The Bertz CT molecular complexity index is 510. The first-order chi connectivity index (χ1) is 7.14. The van der Waals surface area contributed by atoms with Gasteiger partial charge in [0.2, 0.25) is 0 Å². The van der Waals surface area contributed by atoms with E-state index in [0.29, 0.717) is 13.0 Å². The second kappa shape index (κ2) is 2.39. The van der Waals surface area contributed by atoms with Crippen LogP contribution in [0.4, 0.5) is 5.82 Å². The minimum atomic E-state index is -0.780. The topological polar surface area (TPSA) is 87.2 Å². The fourth-order valence-corrected chi connectivity index (χ4v) is 2.18. The Morgan fingerprint density at radius 1 is 1.60 bits per heavy atom. The number of esters is 1. The Labute approximate surface area is 84.7 Å². The maximum atomic E-state index is 11.6. The molecule has 2 unspecified atom stereocenters. The second-order valence-electron chi connectivity index (χ2n) is 3.93. The van der Waals surface area contributed by atoms with Gasteiger partial charge in [0, 0.05) is 12.1 Å². The molecule has 2 atom stereocenters. The third-order valence-electron chi connectivity index (χ3n) is 3.10. The molecular formula is C9H9N3O3. The van der Waals surface area contributed by atoms with E-state index in [4.69, 9.17) is 10.5 Å². The van der Waals surface area contributed by atoms with E-state index in [9.17, 15) is 9.59 Å². The molecule has 0 amide bonds. The molecule has 0 aromatic carbocycles. The first-order valence-electron chi connectivity index (χ1n) is 4.67. The Hall–Kier alpha value is -1.85. The van der Waals surface area contributed by atoms with Gasteiger partial charge in [0.25, 0.3) is 0 Å². The van der Waals surface area contributed by atoms with E-state index in [0.717, 1.165) is 0 Å². The molecule has 1 saturated heterocycles. The summed E-state index contributed by atoms with van der Waals surface area (Å²) in [6, 6.07) is 1.51. The minimum Gasteiger partial charge on any atom is -0.464 e. The van der Waals surface area contributed by atoms with Crippen LogP contribution in [0.2, 0.25) is 0 Å². The van der Waals surface area contributed by atoms with E-state index < -0.39 is 11.2 Å². The van der Waals surface area contributed by atoms with E-state index in [1.165, 1.54) is 16.8 Å². The van der Waals surface area contributed by atoms with Crippen molar-refractivity contribution in [3.05, 3.63) is 22.7 Å². The summed E-state index contributed by atoms with van der Waals surface area (Å²) in [6.45, 7) is 0.398. The number of cyclic esters (lactones) is 1. The number of rotatable bonds is 1. The lowest BCUT2D eigenvalue weighted by Crippen LogP contribution is -2.37. The average Bonchev–Trinajstić information content (AvgIpc) is 2.82. The third kappa shape index (κ3) is 0.907. The van der Waals surface area contributed by atoms with Crippen LogP contribution in [-0.4, -0.2) is 22.1 Å². The van der Waals surface area contributed by atoms with E-state index in [1.807, 2.05) is 0 Å². The van der Waals surface area contributed by atoms with Gasteiger partial charge in [0.1, 0.15) is 5.82 Å². The number of carbonyl (C=O) groups is 1. The molecule has 15 heavy (non-hydrogen) atoms. The number of fused-ring (bicyclic) bond motifs is 1. The molecule has 1 aromatic heterocycles. The first kappa shape index (κ1) is 8.46. The Morgan fingerprint density at radius 2 is 2.40 bits per heavy atom. The van der Waals surface area contributed by atoms with Crippen molar-refractivity contribution < 1.29 is 9.53 Å². The van der Waals surface area contributed by atoms with Crippen molar-refractivity contribution in [2.24, 2.45) is 5.92 Å². The maximum absolute atomic E-state index is 11.6. The monoisotopic (exact) mass is 207 g/mol. The van der Waals surface area contributed by atoms with Crippen LogP contribution in [0.3, 0.4) is 0 Å². The van der Waals surface area contributed by atoms with E-state index in [1.54, 1.807) is 0 Å². The van der Waals surface area contributed by atoms with E-state index >= 15 is 0 Å². The highest BCUT2D eigenvalue weighted by Gasteiger charge is 2.68. The van der Waals surface area contributed by atoms with E-state index in [-0.39, 0.29) is 17.7 Å². The van der Waals surface area contributed by atoms with Gasteiger partial charge in [-0.3, -0.25) is 4.57 Å². The minimum absolute atomic E-state index is 0.119. The van der Waals surface area contributed by atoms with Crippen LogP contribution >= 0.6 is 0 Å². The summed E-state index contributed by atoms with van der Waals surface area (Å²) in [7, 11) is 0. The summed E-state index contributed by atoms with van der Waals surface area (Å²) in [6.07, 6.45) is 2.18. The van der Waals surface area contributed by atoms with Crippen LogP contribution in [0.15, 0.2) is 17.1 Å². The molecule has 3 rings (SSSR count). The number of ether oxygens (including phenoxy) is 1. The van der Waals surface area contributed by atoms with Gasteiger partial charge in [-0.2, -0.15) is 4.98 Å². The normalized spacial score (nSPS) is 32.3. The van der Waals surface area contributed by atoms with Crippen molar-refractivity contribution in [1.82, 2.24) is 9.55 Å². The zero-order valence-corrected chi connectivity index (χ0v) is 7.84. The molecule has 0 radical (unpaired) electrons. The summed E-state index contributed by atoms with van der Waals surface area (Å²) in [4.78, 5) is 26.7. The Morgan fingerprint density at radius 3 is 2.93 bits per heavy atom. The molecule has 6 nitrogen and oxygen atoms in total. The fraction of sp³-hybridized carbons (Fsp3) is 0.444. The predicted molar refractivity (Wildman–Crippen MR) is 49.9 cm³/mol. The number of nitrogens with two attached hydrogens (primary N) is 1. The van der Waals surface area contributed by atoms with Crippen molar-refractivity contribution >= 4 is 11.8 Å². The summed E-state index contributed by atoms with van der Waals surface area (Å²) in [5.41, 5.74) is 4.11. The molecule has 1 saturated carbocycles. The van der Waals surface area contributed by atoms with Crippen molar-refractivity contribution in [2.45, 2.75) is 12.0 Å². The number of nitrogens with zero attached hydrogens (tertiary/aromatic N) is 2. The highest BCUT2D eigenvalue weighted by Crippen LogP contribution is 2.54. The number of anilines is 1. The molecule has 0 bridgehead atoms. The molecule has 2 heterocycles. The van der Waals surface area contributed by atoms with Crippen LogP contribution in [0, 0.1) is 5.92 Å². The number of aromatic nitrogens is 2. The smallest absolute Gasteiger partial charge is 0.350 e. The standard InChI is InChI=1S/C9H9N3O3/c10-6-1-2-12(8(14)11-6)9-3-5(9)4-15-7(9)13/h1-2,5H,3-4H2,(H2,10,11,14). The predicted octanol–water partition coefficient (Wildman–Crippen LogP) is -0.903. The first-order valence-corrected chi connectivity index (χ1v) is 4.67. The van der Waals surface area contributed by atoms with Gasteiger partial charge in [-0.15, -0.1) is 0 Å². The molecule has 1 aromatic rings. The third-order valence-corrected chi connectivity index (χ3v) is 3.10. The van der Waals surface area contributed by atoms with Crippen LogP contribution in [0.1, 0.15) is 6.42 Å². The van der Waals surface area contributed by atoms with Gasteiger partial charge in [-0.25, -0.2) is 9.59 Å². The molecule has 78 valence electrons. The Kier molecular flexibility index (Phi) is 1.35. The van der Waals surface area contributed by atoms with Crippen molar-refractivity contribution in [3.63, 3.8) is 0 Å². The van der Waals surface area contributed by atoms with Gasteiger partial charge in [-0.05, 0) is 12.5 Å².